The number of ketones is 3. The molecule has 0 aliphatic heterocycles. The van der Waals surface area contributed by atoms with Gasteiger partial charge in [0.25, 0.3) is 0 Å². The molecular formula is C24H40O3. The second-order valence-electron chi connectivity index (χ2n) is 4.48. The van der Waals surface area contributed by atoms with Gasteiger partial charge in [0.2, 0.25) is 5.78 Å². The Labute approximate surface area is 180 Å². The number of hydrogen-bond acceptors (Lipinski definition) is 3. The van der Waals surface area contributed by atoms with Crippen molar-refractivity contribution < 1.29 is 34.4 Å². The van der Waals surface area contributed by atoms with Crippen molar-refractivity contribution >= 4 is 17.3 Å². The first-order chi connectivity index (χ1) is 12.7. The van der Waals surface area contributed by atoms with Crippen LogP contribution in [0.4, 0.5) is 0 Å². The van der Waals surface area contributed by atoms with Gasteiger partial charge in [-0.2, -0.15) is 0 Å². The number of Topliss-reactive ketones (excluding diaryl/α,β-unsaturated/α-hetero) is 3. The van der Waals surface area contributed by atoms with Gasteiger partial charge in [0.05, 0.1) is 0 Å². The van der Waals surface area contributed by atoms with Gasteiger partial charge in [-0.25, -0.2) is 0 Å². The van der Waals surface area contributed by atoms with Crippen molar-refractivity contribution in [1.82, 2.24) is 0 Å². The van der Waals surface area contributed by atoms with E-state index < -0.39 is 11.7 Å². The molecule has 1 aliphatic rings. The van der Waals surface area contributed by atoms with E-state index in [0.717, 1.165) is 0 Å². The van der Waals surface area contributed by atoms with Crippen molar-refractivity contribution in [3.63, 3.8) is 0 Å². The third-order valence-electron chi connectivity index (χ3n) is 2.76. The number of rotatable bonds is 1. The minimum absolute atomic E-state index is 0. The summed E-state index contributed by atoms with van der Waals surface area (Å²) < 4.78 is 0. The van der Waals surface area contributed by atoms with Crippen molar-refractivity contribution in [3.8, 4) is 95.2 Å². The van der Waals surface area contributed by atoms with E-state index in [1.54, 1.807) is 0 Å². The first-order valence-corrected chi connectivity index (χ1v) is 7.22. The SMILES string of the molecule is C.C#CC#CC#CC#CC#CC#CC#CC#CC(=O)C1C(=O)CCCC1=O.[HH].[HH].[HH].[HH].[HH].[HH].[HH].[HH].[HH].[HH].[HH].[HH].[HH].[HH]. The van der Waals surface area contributed by atoms with Gasteiger partial charge in [-0.15, -0.1) is 6.42 Å². The quantitative estimate of drug-likeness (QED) is 0.391. The van der Waals surface area contributed by atoms with E-state index in [2.05, 4.69) is 88.8 Å². The molecule has 0 aromatic rings. The summed E-state index contributed by atoms with van der Waals surface area (Å²) in [7, 11) is 0. The van der Waals surface area contributed by atoms with Crippen molar-refractivity contribution in [3.05, 3.63) is 0 Å². The lowest BCUT2D eigenvalue weighted by molar-refractivity contribution is -0.140. The molecule has 27 heavy (non-hydrogen) atoms. The molecule has 0 heterocycles. The maximum absolute atomic E-state index is 11.8. The average molecular weight is 377 g/mol. The molecule has 0 atom stereocenters. The van der Waals surface area contributed by atoms with Gasteiger partial charge < -0.3 is 0 Å². The van der Waals surface area contributed by atoms with Crippen molar-refractivity contribution in [2.45, 2.75) is 26.7 Å². The van der Waals surface area contributed by atoms with E-state index >= 15 is 0 Å². The maximum atomic E-state index is 11.8. The Kier molecular flexibility index (Phi) is 11.6. The molecule has 0 aromatic heterocycles. The first kappa shape index (κ1) is 22.5. The Morgan fingerprint density at radius 3 is 1.52 bits per heavy atom. The van der Waals surface area contributed by atoms with Crippen LogP contribution in [0.25, 0.3) is 0 Å². The summed E-state index contributed by atoms with van der Waals surface area (Å²) in [6, 6.07) is 0. The summed E-state index contributed by atoms with van der Waals surface area (Å²) in [6.45, 7) is 0. The van der Waals surface area contributed by atoms with E-state index in [4.69, 9.17) is 6.42 Å². The monoisotopic (exact) mass is 376 g/mol. The molecule has 0 N–H and O–H groups in total. The summed E-state index contributed by atoms with van der Waals surface area (Å²) in [5, 5.41) is 0. The van der Waals surface area contributed by atoms with Crippen LogP contribution in [0.3, 0.4) is 0 Å². The van der Waals surface area contributed by atoms with Crippen LogP contribution in [0.5, 0.6) is 0 Å². The number of terminal acetylenes is 1. The molecular weight excluding hydrogens is 336 g/mol. The fourth-order valence-electron chi connectivity index (χ4n) is 1.74. The predicted octanol–water partition coefficient (Wildman–Crippen LogP) is 4.23. The molecule has 154 valence electrons. The normalized spacial score (nSPS) is 10.5. The van der Waals surface area contributed by atoms with Gasteiger partial charge >= 0.3 is 0 Å². The van der Waals surface area contributed by atoms with E-state index in [0.29, 0.717) is 6.42 Å². The van der Waals surface area contributed by atoms with Gasteiger partial charge in [-0.1, -0.05) is 7.43 Å². The number of carbonyl (C=O) groups excluding carboxylic acids is 3. The Balaban J connectivity index is -0.0000000347. The molecule has 0 spiro atoms. The molecule has 0 amide bonds. The van der Waals surface area contributed by atoms with E-state index in [9.17, 15) is 14.4 Å². The van der Waals surface area contributed by atoms with Crippen LogP contribution >= 0.6 is 0 Å². The maximum Gasteiger partial charge on any atom is 0.224 e. The largest absolute Gasteiger partial charge is 0.298 e. The highest BCUT2D eigenvalue weighted by Gasteiger charge is 2.34. The Bertz CT molecular complexity index is 1130. The average Bonchev–Trinajstić information content (AvgIpc) is 2.62. The molecule has 1 fully saturated rings. The summed E-state index contributed by atoms with van der Waals surface area (Å²) >= 11 is 0. The van der Waals surface area contributed by atoms with E-state index in [-0.39, 0.29) is 51.8 Å². The zero-order valence-electron chi connectivity index (χ0n) is 13.5. The lowest BCUT2D eigenvalue weighted by Crippen LogP contribution is -2.34. The number of carbonyl (C=O) groups is 3. The molecule has 3 nitrogen and oxygen atoms in total. The van der Waals surface area contributed by atoms with Gasteiger partial charge in [0.15, 0.2) is 11.6 Å². The predicted molar refractivity (Wildman–Crippen MR) is 132 cm³/mol. The lowest BCUT2D eigenvalue weighted by atomic mass is 9.84. The summed E-state index contributed by atoms with van der Waals surface area (Å²) in [6.07, 6.45) is 5.85. The zero-order chi connectivity index (χ0) is 19.0. The van der Waals surface area contributed by atoms with Gasteiger partial charge in [0, 0.05) is 32.8 Å². The topological polar surface area (TPSA) is 51.2 Å². The van der Waals surface area contributed by atoms with Gasteiger partial charge in [0.1, 0.15) is 5.92 Å². The highest BCUT2D eigenvalue weighted by Crippen LogP contribution is 2.17. The molecule has 3 heteroatoms. The molecule has 1 rings (SSSR count). The Hall–Kier alpha value is -4.51. The van der Waals surface area contributed by atoms with Crippen molar-refractivity contribution in [1.29, 1.82) is 0 Å². The molecule has 1 saturated carbocycles. The minimum Gasteiger partial charge on any atom is -0.298 e. The van der Waals surface area contributed by atoms with Crippen LogP contribution in [0, 0.1) is 101 Å². The highest BCUT2D eigenvalue weighted by atomic mass is 16.2. The fourth-order valence-corrected chi connectivity index (χ4v) is 1.74. The Morgan fingerprint density at radius 2 is 1.11 bits per heavy atom. The van der Waals surface area contributed by atoms with Gasteiger partial charge in [-0.3, -0.25) is 14.4 Å². The molecule has 0 aromatic carbocycles. The third kappa shape index (κ3) is 9.39. The second-order valence-corrected chi connectivity index (χ2v) is 4.48. The van der Waals surface area contributed by atoms with Crippen molar-refractivity contribution in [2.75, 3.05) is 0 Å². The molecule has 0 radical (unpaired) electrons. The third-order valence-corrected chi connectivity index (χ3v) is 2.76. The Morgan fingerprint density at radius 1 is 0.741 bits per heavy atom. The number of hydrogen-bond donors (Lipinski definition) is 0. The zero-order valence-corrected chi connectivity index (χ0v) is 13.5. The van der Waals surface area contributed by atoms with Crippen molar-refractivity contribution in [2.24, 2.45) is 5.92 Å². The minimum atomic E-state index is -1.26. The molecule has 0 unspecified atom stereocenters. The standard InChI is InChI=1S/C23H8O3.CH4.14H2/c1-2-3-4-5-6-7-8-9-10-11-12-13-14-15-17-20(24)23-21(25)18-16-19-22(23)26;;;;;;;;;;;;;;;/h1,23H,16,18-19H2;1H4;14*1H. The smallest absolute Gasteiger partial charge is 0.224 e. The van der Waals surface area contributed by atoms with Gasteiger partial charge in [-0.05, 0) is 95.2 Å². The van der Waals surface area contributed by atoms with Crippen LogP contribution in [0.1, 0.15) is 46.7 Å². The van der Waals surface area contributed by atoms with Crippen LogP contribution in [0.2, 0.25) is 0 Å². The summed E-state index contributed by atoms with van der Waals surface area (Å²) in [5.74, 6) is 32.6. The molecule has 0 saturated heterocycles. The lowest BCUT2D eigenvalue weighted by Gasteiger charge is -2.15. The second kappa shape index (κ2) is 13.9. The van der Waals surface area contributed by atoms with Crippen LogP contribution < -0.4 is 0 Å². The van der Waals surface area contributed by atoms with Crippen LogP contribution in [-0.4, -0.2) is 17.3 Å². The molecule has 1 aliphatic carbocycles. The van der Waals surface area contributed by atoms with Crippen LogP contribution in [0.15, 0.2) is 0 Å². The van der Waals surface area contributed by atoms with E-state index in [1.807, 2.05) is 0 Å². The first-order valence-electron chi connectivity index (χ1n) is 7.22. The molecule has 0 bridgehead atoms. The fraction of sp³-hybridized carbons (Fsp3) is 0.208. The highest BCUT2D eigenvalue weighted by molar-refractivity contribution is 6.25. The summed E-state index contributed by atoms with van der Waals surface area (Å²) in [4.78, 5) is 34.9. The van der Waals surface area contributed by atoms with Crippen LogP contribution in [-0.2, 0) is 14.4 Å². The van der Waals surface area contributed by atoms with E-state index in [1.165, 1.54) is 0 Å². The summed E-state index contributed by atoms with van der Waals surface area (Å²) in [5.41, 5.74) is 0.